The minimum absolute atomic E-state index is 0.271. The van der Waals surface area contributed by atoms with Gasteiger partial charge in [-0.25, -0.2) is 19.0 Å². The van der Waals surface area contributed by atoms with E-state index in [1.165, 1.54) is 23.9 Å². The maximum absolute atomic E-state index is 12.9. The summed E-state index contributed by atoms with van der Waals surface area (Å²) in [7, 11) is 0. The lowest BCUT2D eigenvalue weighted by atomic mass is 10.4. The van der Waals surface area contributed by atoms with Gasteiger partial charge in [-0.15, -0.1) is 0 Å². The highest BCUT2D eigenvalue weighted by molar-refractivity contribution is 7.99. The molecule has 0 fully saturated rings. The molecule has 0 spiro atoms. The Hall–Kier alpha value is -1.66. The predicted molar refractivity (Wildman–Crippen MR) is 76.5 cm³/mol. The normalized spacial score (nSPS) is 11.2. The van der Waals surface area contributed by atoms with E-state index in [9.17, 15) is 4.39 Å². The summed E-state index contributed by atoms with van der Waals surface area (Å²) in [6, 6.07) is 6.16. The molecule has 4 nitrogen and oxygen atoms in total. The van der Waals surface area contributed by atoms with E-state index in [0.29, 0.717) is 22.5 Å². The molecule has 20 heavy (non-hydrogen) atoms. The molecule has 0 saturated carbocycles. The van der Waals surface area contributed by atoms with E-state index in [-0.39, 0.29) is 5.82 Å². The summed E-state index contributed by atoms with van der Waals surface area (Å²) in [6.45, 7) is 2.69. The van der Waals surface area contributed by atoms with Crippen LogP contribution in [0.2, 0.25) is 5.15 Å². The second kappa shape index (κ2) is 5.38. The van der Waals surface area contributed by atoms with Crippen LogP contribution in [0.15, 0.2) is 40.5 Å². The third-order valence-electron chi connectivity index (χ3n) is 2.75. The van der Waals surface area contributed by atoms with Gasteiger partial charge in [0.05, 0.1) is 11.6 Å². The molecule has 3 rings (SSSR count). The summed E-state index contributed by atoms with van der Waals surface area (Å²) in [4.78, 5) is 9.55. The minimum Gasteiger partial charge on any atom is -0.247 e. The van der Waals surface area contributed by atoms with Crippen molar-refractivity contribution < 1.29 is 4.39 Å². The minimum atomic E-state index is -0.271. The summed E-state index contributed by atoms with van der Waals surface area (Å²) in [5.74, 6) is -0.271. The second-order valence-corrected chi connectivity index (χ2v) is 5.45. The van der Waals surface area contributed by atoms with Gasteiger partial charge in [-0.3, -0.25) is 0 Å². The highest BCUT2D eigenvalue weighted by Crippen LogP contribution is 2.29. The highest BCUT2D eigenvalue weighted by Gasteiger charge is 2.11. The molecule has 2 aromatic heterocycles. The van der Waals surface area contributed by atoms with E-state index in [1.807, 2.05) is 6.92 Å². The van der Waals surface area contributed by atoms with Gasteiger partial charge in [-0.05, 0) is 43.0 Å². The number of halogens is 2. The van der Waals surface area contributed by atoms with Crippen LogP contribution in [-0.2, 0) is 6.54 Å². The largest absolute Gasteiger partial charge is 0.247 e. The van der Waals surface area contributed by atoms with Crippen molar-refractivity contribution in [1.29, 1.82) is 0 Å². The first kappa shape index (κ1) is 13.3. The van der Waals surface area contributed by atoms with Gasteiger partial charge < -0.3 is 0 Å². The van der Waals surface area contributed by atoms with Gasteiger partial charge in [0.15, 0.2) is 10.8 Å². The van der Waals surface area contributed by atoms with Gasteiger partial charge in [0.2, 0.25) is 0 Å². The summed E-state index contributed by atoms with van der Waals surface area (Å²) >= 11 is 7.48. The zero-order valence-electron chi connectivity index (χ0n) is 10.5. The molecule has 0 bridgehead atoms. The molecule has 1 aromatic carbocycles. The molecule has 0 amide bonds. The first-order valence-electron chi connectivity index (χ1n) is 6.00. The number of hydrogen-bond acceptors (Lipinski definition) is 4. The standard InChI is InChI=1S/C13H10ClFN4S/c1-2-19-12-10(7-16-19)11(14)17-13(18-12)20-9-5-3-8(15)4-6-9/h3-7H,2H2,1H3. The number of rotatable bonds is 3. The van der Waals surface area contributed by atoms with Gasteiger partial charge in [0, 0.05) is 11.4 Å². The molecule has 0 atom stereocenters. The number of hydrogen-bond donors (Lipinski definition) is 0. The van der Waals surface area contributed by atoms with E-state index in [0.717, 1.165) is 10.3 Å². The Balaban J connectivity index is 2.01. The monoisotopic (exact) mass is 308 g/mol. The SMILES string of the molecule is CCn1ncc2c(Cl)nc(Sc3ccc(F)cc3)nc21. The Morgan fingerprint density at radius 2 is 2.00 bits per heavy atom. The molecule has 0 aliphatic heterocycles. The Labute approximate surface area is 124 Å². The second-order valence-electron chi connectivity index (χ2n) is 4.05. The van der Waals surface area contributed by atoms with Crippen molar-refractivity contribution in [3.05, 3.63) is 41.4 Å². The van der Waals surface area contributed by atoms with Crippen LogP contribution in [0.5, 0.6) is 0 Å². The number of benzene rings is 1. The molecule has 0 aliphatic carbocycles. The molecular weight excluding hydrogens is 299 g/mol. The van der Waals surface area contributed by atoms with Crippen LogP contribution in [0.1, 0.15) is 6.92 Å². The van der Waals surface area contributed by atoms with Gasteiger partial charge in [-0.2, -0.15) is 5.10 Å². The van der Waals surface area contributed by atoms with Crippen LogP contribution in [0, 0.1) is 5.82 Å². The van der Waals surface area contributed by atoms with Gasteiger partial charge >= 0.3 is 0 Å². The third-order valence-corrected chi connectivity index (χ3v) is 3.91. The lowest BCUT2D eigenvalue weighted by molar-refractivity contribution is 0.626. The quantitative estimate of drug-likeness (QED) is 0.545. The Morgan fingerprint density at radius 1 is 1.25 bits per heavy atom. The first-order chi connectivity index (χ1) is 9.67. The fraction of sp³-hybridized carbons (Fsp3) is 0.154. The molecule has 0 aliphatic rings. The molecule has 0 radical (unpaired) electrons. The van der Waals surface area contributed by atoms with Crippen LogP contribution >= 0.6 is 23.4 Å². The van der Waals surface area contributed by atoms with Crippen molar-refractivity contribution in [2.24, 2.45) is 0 Å². The van der Waals surface area contributed by atoms with Crippen LogP contribution in [0.25, 0.3) is 11.0 Å². The first-order valence-corrected chi connectivity index (χ1v) is 7.19. The maximum atomic E-state index is 12.9. The topological polar surface area (TPSA) is 43.6 Å². The average Bonchev–Trinajstić information content (AvgIpc) is 2.85. The number of aromatic nitrogens is 4. The zero-order chi connectivity index (χ0) is 14.1. The number of nitrogens with zero attached hydrogens (tertiary/aromatic N) is 4. The Bertz CT molecular complexity index is 757. The molecule has 0 unspecified atom stereocenters. The number of fused-ring (bicyclic) bond motifs is 1. The summed E-state index contributed by atoms with van der Waals surface area (Å²) in [5.41, 5.74) is 0.706. The zero-order valence-corrected chi connectivity index (χ0v) is 12.1. The third kappa shape index (κ3) is 2.48. The van der Waals surface area contributed by atoms with Gasteiger partial charge in [0.25, 0.3) is 0 Å². The predicted octanol–water partition coefficient (Wildman–Crippen LogP) is 3.79. The van der Waals surface area contributed by atoms with Crippen LogP contribution in [0.4, 0.5) is 4.39 Å². The van der Waals surface area contributed by atoms with Crippen molar-refractivity contribution in [3.8, 4) is 0 Å². The Kier molecular flexibility index (Phi) is 3.58. The van der Waals surface area contributed by atoms with E-state index < -0.39 is 0 Å². The summed E-state index contributed by atoms with van der Waals surface area (Å²) in [5, 5.41) is 5.83. The van der Waals surface area contributed by atoms with Crippen LogP contribution in [0.3, 0.4) is 0 Å². The lowest BCUT2D eigenvalue weighted by Gasteiger charge is -2.03. The smallest absolute Gasteiger partial charge is 0.195 e. The fourth-order valence-corrected chi connectivity index (χ4v) is 2.80. The van der Waals surface area contributed by atoms with Crippen molar-refractivity contribution >= 4 is 34.4 Å². The average molecular weight is 309 g/mol. The van der Waals surface area contributed by atoms with E-state index in [1.54, 1.807) is 23.0 Å². The highest BCUT2D eigenvalue weighted by atomic mass is 35.5. The molecule has 0 N–H and O–H groups in total. The molecule has 2 heterocycles. The molecule has 3 aromatic rings. The van der Waals surface area contributed by atoms with Crippen LogP contribution in [-0.4, -0.2) is 19.7 Å². The van der Waals surface area contributed by atoms with E-state index in [4.69, 9.17) is 11.6 Å². The van der Waals surface area contributed by atoms with E-state index >= 15 is 0 Å². The molecule has 0 saturated heterocycles. The molecule has 7 heteroatoms. The van der Waals surface area contributed by atoms with Gasteiger partial charge in [-0.1, -0.05) is 11.6 Å². The fourth-order valence-electron chi connectivity index (χ4n) is 1.79. The van der Waals surface area contributed by atoms with Crippen molar-refractivity contribution in [2.45, 2.75) is 23.5 Å². The van der Waals surface area contributed by atoms with Gasteiger partial charge in [0.1, 0.15) is 11.0 Å². The summed E-state index contributed by atoms with van der Waals surface area (Å²) in [6.07, 6.45) is 1.66. The Morgan fingerprint density at radius 3 is 2.70 bits per heavy atom. The molecule has 102 valence electrons. The van der Waals surface area contributed by atoms with Crippen LogP contribution < -0.4 is 0 Å². The summed E-state index contributed by atoms with van der Waals surface area (Å²) < 4.78 is 14.6. The molecular formula is C13H10ClFN4S. The van der Waals surface area contributed by atoms with E-state index in [2.05, 4.69) is 15.1 Å². The van der Waals surface area contributed by atoms with Crippen molar-refractivity contribution in [3.63, 3.8) is 0 Å². The number of aryl methyl sites for hydroxylation is 1. The van der Waals surface area contributed by atoms with Crippen molar-refractivity contribution in [1.82, 2.24) is 19.7 Å². The lowest BCUT2D eigenvalue weighted by Crippen LogP contribution is -1.99. The maximum Gasteiger partial charge on any atom is 0.195 e. The van der Waals surface area contributed by atoms with Crippen molar-refractivity contribution in [2.75, 3.05) is 0 Å².